The van der Waals surface area contributed by atoms with Crippen molar-refractivity contribution in [3.05, 3.63) is 255 Å². The van der Waals surface area contributed by atoms with Crippen molar-refractivity contribution in [1.82, 2.24) is 15.0 Å². The summed E-state index contributed by atoms with van der Waals surface area (Å²) in [4.78, 5) is 15.9. The summed E-state index contributed by atoms with van der Waals surface area (Å²) in [6, 6.07) is 78.7. The van der Waals surface area contributed by atoms with Crippen molar-refractivity contribution in [2.75, 3.05) is 0 Å². The second kappa shape index (κ2) is 17.5. The van der Waals surface area contributed by atoms with Crippen LogP contribution in [0, 0.1) is 0 Å². The highest BCUT2D eigenvalue weighted by Crippen LogP contribution is 2.37. The first kappa shape index (κ1) is 40.3. The van der Waals surface area contributed by atoms with E-state index in [-0.39, 0.29) is 0 Å². The van der Waals surface area contributed by atoms with Gasteiger partial charge in [0.25, 0.3) is 0 Å². The number of hydrogen-bond donors (Lipinski definition) is 0. The largest absolute Gasteiger partial charge is 0.457 e. The topological polar surface area (TPSA) is 47.9 Å². The van der Waals surface area contributed by atoms with Gasteiger partial charge >= 0.3 is 0 Å². The molecule has 64 heavy (non-hydrogen) atoms. The molecule has 0 saturated carbocycles. The second-order valence-corrected chi connectivity index (χ2v) is 23.5. The molecule has 0 amide bonds. The first-order valence-electron chi connectivity index (χ1n) is 21.6. The van der Waals surface area contributed by atoms with E-state index >= 15 is 0 Å². The van der Waals surface area contributed by atoms with Gasteiger partial charge in [-0.15, -0.1) is 0 Å². The fraction of sp³-hybridized carbons (Fsp3) is 0.0172. The number of para-hydroxylation sites is 2. The third-order valence-electron chi connectivity index (χ3n) is 12.3. The molecule has 1 aromatic heterocycles. The van der Waals surface area contributed by atoms with Crippen LogP contribution in [0.5, 0.6) is 11.5 Å². The van der Waals surface area contributed by atoms with E-state index in [1.54, 1.807) is 6.08 Å². The minimum atomic E-state index is -2.92. The molecule has 0 N–H and O–H groups in total. The van der Waals surface area contributed by atoms with E-state index < -0.39 is 16.1 Å². The molecule has 1 aliphatic rings. The Morgan fingerprint density at radius 3 is 1.59 bits per heavy atom. The molecular formula is C58H45N3OSi2. The Kier molecular flexibility index (Phi) is 11.0. The highest BCUT2D eigenvalue weighted by Gasteiger charge is 2.49. The number of rotatable bonds is 11. The first-order chi connectivity index (χ1) is 31.6. The highest BCUT2D eigenvalue weighted by molar-refractivity contribution is 7.21. The van der Waals surface area contributed by atoms with Gasteiger partial charge in [0.05, 0.1) is 5.56 Å². The van der Waals surface area contributed by atoms with Crippen molar-refractivity contribution in [1.29, 1.82) is 0 Å². The third kappa shape index (κ3) is 6.99. The van der Waals surface area contributed by atoms with E-state index in [1.807, 2.05) is 25.2 Å². The number of hydrogen-bond acceptors (Lipinski definition) is 4. The number of allylic oxidation sites excluding steroid dienone is 5. The van der Waals surface area contributed by atoms with Crippen LogP contribution in [0.15, 0.2) is 249 Å². The van der Waals surface area contributed by atoms with Crippen LogP contribution in [0.3, 0.4) is 0 Å². The lowest BCUT2D eigenvalue weighted by Gasteiger charge is -2.40. The molecule has 0 unspecified atom stereocenters. The Labute approximate surface area is 377 Å². The predicted octanol–water partition coefficient (Wildman–Crippen LogP) is 8.21. The van der Waals surface area contributed by atoms with Crippen LogP contribution in [0.25, 0.3) is 28.3 Å². The van der Waals surface area contributed by atoms with E-state index in [0.717, 1.165) is 33.4 Å². The van der Waals surface area contributed by atoms with Gasteiger partial charge in [0.15, 0.2) is 33.6 Å². The lowest BCUT2D eigenvalue weighted by atomic mass is 10.1. The van der Waals surface area contributed by atoms with Crippen molar-refractivity contribution in [3.63, 3.8) is 0 Å². The summed E-state index contributed by atoms with van der Waals surface area (Å²) in [7, 11) is -5.77. The number of fused-ring (bicyclic) bond motifs is 2. The summed E-state index contributed by atoms with van der Waals surface area (Å²) in [5.74, 6) is 3.33. The maximum Gasteiger partial charge on any atom is 0.188 e. The normalized spacial score (nSPS) is 13.1. The molecule has 6 heteroatoms. The Balaban J connectivity index is 1.23. The lowest BCUT2D eigenvalue weighted by Crippen LogP contribution is -2.76. The first-order valence-corrected chi connectivity index (χ1v) is 25.6. The molecule has 10 rings (SSSR count). The van der Waals surface area contributed by atoms with Gasteiger partial charge in [-0.1, -0.05) is 237 Å². The van der Waals surface area contributed by atoms with Gasteiger partial charge in [-0.25, -0.2) is 15.0 Å². The zero-order chi connectivity index (χ0) is 43.4. The van der Waals surface area contributed by atoms with Crippen LogP contribution in [0.1, 0.15) is 12.7 Å². The molecule has 0 aliphatic carbocycles. The average Bonchev–Trinajstić information content (AvgIpc) is 3.37. The van der Waals surface area contributed by atoms with E-state index in [4.69, 9.17) is 19.7 Å². The summed E-state index contributed by atoms with van der Waals surface area (Å²) in [5.41, 5.74) is 2.62. The third-order valence-corrected chi connectivity index (χ3v) is 21.9. The quantitative estimate of drug-likeness (QED) is 0.0749. The molecular weight excluding hydrogens is 811 g/mol. The van der Waals surface area contributed by atoms with Crippen molar-refractivity contribution < 1.29 is 4.74 Å². The van der Waals surface area contributed by atoms with E-state index in [2.05, 4.69) is 225 Å². The summed E-state index contributed by atoms with van der Waals surface area (Å²) in [6.07, 6.45) is 7.67. The smallest absolute Gasteiger partial charge is 0.188 e. The fourth-order valence-corrected chi connectivity index (χ4v) is 19.3. The lowest BCUT2D eigenvalue weighted by molar-refractivity contribution is 0.488. The van der Waals surface area contributed by atoms with Crippen molar-refractivity contribution in [2.45, 2.75) is 6.92 Å². The monoisotopic (exact) mass is 855 g/mol. The molecule has 4 nitrogen and oxygen atoms in total. The number of benzene rings is 8. The molecule has 0 bridgehead atoms. The minimum Gasteiger partial charge on any atom is -0.457 e. The highest BCUT2D eigenvalue weighted by atomic mass is 28.3. The minimum absolute atomic E-state index is 0.545. The standard InChI is InChI=1S/C58H45N3OSi2/c1-3-4-10-25-43(2)56-59-57(44-26-23-37-50(42-44)63(45-27-11-5-12-28-45,46-29-13-6-14-30-46)47-31-15-7-16-32-47)61-58(60-56)51-38-24-41-54-55(51)62-52-39-21-22-40-53(52)64(54,48-33-17-8-18-34-48)49-35-19-9-20-36-49/h3-42H,1H2,2H3/b10-4-,43-25+. The van der Waals surface area contributed by atoms with E-state index in [1.165, 1.54) is 36.3 Å². The van der Waals surface area contributed by atoms with Crippen LogP contribution >= 0.6 is 0 Å². The number of aromatic nitrogens is 3. The van der Waals surface area contributed by atoms with Gasteiger partial charge in [-0.3, -0.25) is 0 Å². The van der Waals surface area contributed by atoms with Gasteiger partial charge < -0.3 is 4.74 Å². The average molecular weight is 856 g/mol. The van der Waals surface area contributed by atoms with Crippen LogP contribution < -0.4 is 46.2 Å². The van der Waals surface area contributed by atoms with Crippen LogP contribution in [-0.4, -0.2) is 31.1 Å². The van der Waals surface area contributed by atoms with Crippen molar-refractivity contribution >= 4 is 63.2 Å². The molecule has 0 spiro atoms. The Morgan fingerprint density at radius 2 is 1.00 bits per heavy atom. The van der Waals surface area contributed by atoms with Crippen LogP contribution in [-0.2, 0) is 0 Å². The van der Waals surface area contributed by atoms with E-state index in [0.29, 0.717) is 17.5 Å². The van der Waals surface area contributed by atoms with Crippen LogP contribution in [0.4, 0.5) is 0 Å². The summed E-state index contributed by atoms with van der Waals surface area (Å²) >= 11 is 0. The van der Waals surface area contributed by atoms with Gasteiger partial charge in [0.1, 0.15) is 11.5 Å². The number of ether oxygens (including phenoxy) is 1. The van der Waals surface area contributed by atoms with Gasteiger partial charge in [-0.2, -0.15) is 0 Å². The zero-order valence-electron chi connectivity index (χ0n) is 35.6. The maximum atomic E-state index is 7.10. The summed E-state index contributed by atoms with van der Waals surface area (Å²) < 4.78 is 7.10. The maximum absolute atomic E-state index is 7.10. The summed E-state index contributed by atoms with van der Waals surface area (Å²) in [5, 5.41) is 10.0. The molecule has 0 saturated heterocycles. The fourth-order valence-electron chi connectivity index (χ4n) is 9.51. The molecule has 9 aromatic rings. The second-order valence-electron chi connectivity index (χ2n) is 16.0. The van der Waals surface area contributed by atoms with Crippen molar-refractivity contribution in [3.8, 4) is 34.3 Å². The van der Waals surface area contributed by atoms with Gasteiger partial charge in [0, 0.05) is 5.56 Å². The Morgan fingerprint density at radius 1 is 0.500 bits per heavy atom. The SMILES string of the molecule is C=C/C=C\C=C(/C)c1nc(-c2cccc([Si](c3ccccc3)(c3ccccc3)c3ccccc3)c2)nc(-c2cccc3c2Oc2ccccc2[Si]3(c2ccccc2)c2ccccc2)n1. The number of nitrogens with zero attached hydrogens (tertiary/aromatic N) is 3. The van der Waals surface area contributed by atoms with Crippen LogP contribution in [0.2, 0.25) is 0 Å². The molecule has 0 atom stereocenters. The Hall–Kier alpha value is -7.78. The summed E-state index contributed by atoms with van der Waals surface area (Å²) in [6.45, 7) is 5.92. The molecule has 0 fully saturated rings. The molecule has 306 valence electrons. The molecule has 8 aromatic carbocycles. The predicted molar refractivity (Wildman–Crippen MR) is 271 cm³/mol. The van der Waals surface area contributed by atoms with Gasteiger partial charge in [0.2, 0.25) is 0 Å². The Bertz CT molecular complexity index is 3020. The molecule has 2 heterocycles. The molecule has 1 aliphatic heterocycles. The van der Waals surface area contributed by atoms with Crippen molar-refractivity contribution in [2.24, 2.45) is 0 Å². The van der Waals surface area contributed by atoms with E-state index in [9.17, 15) is 0 Å². The molecule has 0 radical (unpaired) electrons. The van der Waals surface area contributed by atoms with Gasteiger partial charge in [-0.05, 0) is 66.1 Å². The zero-order valence-corrected chi connectivity index (χ0v) is 37.6.